The van der Waals surface area contributed by atoms with Gasteiger partial charge in [0.25, 0.3) is 0 Å². The quantitative estimate of drug-likeness (QED) is 0.0261. The average Bonchev–Trinajstić information content (AvgIpc) is 3.45. The molecular weight excluding hydrogens is 973 g/mol. The van der Waals surface area contributed by atoms with Gasteiger partial charge in [0.2, 0.25) is 0 Å². The molecule has 0 saturated carbocycles. The van der Waals surface area contributed by atoms with Gasteiger partial charge in [0.15, 0.2) is 6.10 Å². The summed E-state index contributed by atoms with van der Waals surface area (Å²) in [5, 5.41) is 0. The standard InChI is InChI=1S/C73H124O6/c1-4-7-10-13-16-19-22-25-28-31-34-35-36-37-40-42-45-48-51-54-57-60-63-66-72(75)78-69-70(79-73(76)67-64-61-58-55-52-49-46-43-39-33-30-27-24-21-18-15-12-9-6-3)68-77-71(74)65-62-59-56-53-50-47-44-41-38-32-29-26-23-20-17-14-11-8-5-2/h7,10,16-21,25-30,34-35,37,40,70H,4-6,8-9,11-15,22-24,31-33,36,38-39,41-69H2,1-3H3/b10-7-,19-16-,20-17-,21-18-,28-25-,29-26-,30-27-,35-34-,40-37-. The lowest BCUT2D eigenvalue weighted by molar-refractivity contribution is -0.167. The highest BCUT2D eigenvalue weighted by atomic mass is 16.6. The van der Waals surface area contributed by atoms with Gasteiger partial charge in [-0.2, -0.15) is 0 Å². The number of hydrogen-bond donors (Lipinski definition) is 0. The zero-order valence-corrected chi connectivity index (χ0v) is 51.9. The molecule has 0 radical (unpaired) electrons. The average molecular weight is 1100 g/mol. The lowest BCUT2D eigenvalue weighted by Crippen LogP contribution is -2.30. The van der Waals surface area contributed by atoms with Crippen molar-refractivity contribution in [3.63, 3.8) is 0 Å². The molecule has 0 aliphatic heterocycles. The molecule has 1 atom stereocenters. The van der Waals surface area contributed by atoms with E-state index in [0.717, 1.165) is 109 Å². The van der Waals surface area contributed by atoms with Gasteiger partial charge in [-0.05, 0) is 128 Å². The summed E-state index contributed by atoms with van der Waals surface area (Å²) in [6.07, 6.45) is 90.8. The van der Waals surface area contributed by atoms with E-state index >= 15 is 0 Å². The van der Waals surface area contributed by atoms with E-state index in [1.54, 1.807) is 0 Å². The zero-order valence-electron chi connectivity index (χ0n) is 51.9. The number of carbonyl (C=O) groups is 3. The lowest BCUT2D eigenvalue weighted by Gasteiger charge is -2.18. The number of rotatable bonds is 60. The summed E-state index contributed by atoms with van der Waals surface area (Å²) in [7, 11) is 0. The minimum atomic E-state index is -0.791. The maximum absolute atomic E-state index is 12.9. The predicted molar refractivity (Wildman–Crippen MR) is 343 cm³/mol. The minimum Gasteiger partial charge on any atom is -0.462 e. The second-order valence-corrected chi connectivity index (χ2v) is 22.0. The van der Waals surface area contributed by atoms with Crippen LogP contribution in [0, 0.1) is 0 Å². The summed E-state index contributed by atoms with van der Waals surface area (Å²) in [6.45, 7) is 6.49. The molecule has 0 bridgehead atoms. The Morgan fingerprint density at radius 1 is 0.266 bits per heavy atom. The van der Waals surface area contributed by atoms with Crippen LogP contribution in [-0.2, 0) is 28.6 Å². The van der Waals surface area contributed by atoms with Crippen molar-refractivity contribution in [3.8, 4) is 0 Å². The molecule has 6 heteroatoms. The molecule has 0 aliphatic carbocycles. The van der Waals surface area contributed by atoms with E-state index in [1.807, 2.05) is 0 Å². The molecular formula is C73H124O6. The van der Waals surface area contributed by atoms with E-state index in [2.05, 4.69) is 130 Å². The second kappa shape index (κ2) is 66.6. The molecule has 0 N–H and O–H groups in total. The highest BCUT2D eigenvalue weighted by molar-refractivity contribution is 5.71. The van der Waals surface area contributed by atoms with Crippen LogP contribution in [0.5, 0.6) is 0 Å². The first-order valence-electron chi connectivity index (χ1n) is 33.4. The molecule has 0 rings (SSSR count). The normalized spacial score (nSPS) is 12.8. The van der Waals surface area contributed by atoms with Crippen LogP contribution in [0.15, 0.2) is 109 Å². The monoisotopic (exact) mass is 1100 g/mol. The molecule has 6 nitrogen and oxygen atoms in total. The van der Waals surface area contributed by atoms with E-state index < -0.39 is 6.10 Å². The molecule has 0 amide bonds. The number of carbonyl (C=O) groups excluding carboxylic acids is 3. The molecule has 0 heterocycles. The Morgan fingerprint density at radius 3 is 0.772 bits per heavy atom. The number of unbranched alkanes of at least 4 members (excludes halogenated alkanes) is 31. The van der Waals surface area contributed by atoms with Gasteiger partial charge in [-0.25, -0.2) is 0 Å². The van der Waals surface area contributed by atoms with Gasteiger partial charge >= 0.3 is 17.9 Å². The van der Waals surface area contributed by atoms with Crippen LogP contribution in [0.3, 0.4) is 0 Å². The molecule has 0 saturated heterocycles. The number of hydrogen-bond acceptors (Lipinski definition) is 6. The fourth-order valence-corrected chi connectivity index (χ4v) is 9.24. The van der Waals surface area contributed by atoms with Crippen LogP contribution in [-0.4, -0.2) is 37.2 Å². The van der Waals surface area contributed by atoms with Crippen LogP contribution < -0.4 is 0 Å². The van der Waals surface area contributed by atoms with Gasteiger partial charge in [-0.1, -0.05) is 278 Å². The molecule has 0 aliphatic rings. The van der Waals surface area contributed by atoms with Crippen molar-refractivity contribution in [1.82, 2.24) is 0 Å². The summed E-state index contributed by atoms with van der Waals surface area (Å²) >= 11 is 0. The highest BCUT2D eigenvalue weighted by Gasteiger charge is 2.19. The van der Waals surface area contributed by atoms with Crippen molar-refractivity contribution < 1.29 is 28.6 Å². The Morgan fingerprint density at radius 2 is 0.494 bits per heavy atom. The summed E-state index contributed by atoms with van der Waals surface area (Å²) in [4.78, 5) is 38.4. The van der Waals surface area contributed by atoms with Crippen molar-refractivity contribution >= 4 is 17.9 Å². The summed E-state index contributed by atoms with van der Waals surface area (Å²) in [5.74, 6) is -0.894. The Kier molecular flexibility index (Phi) is 63.3. The van der Waals surface area contributed by atoms with Gasteiger partial charge in [-0.3, -0.25) is 14.4 Å². The summed E-state index contributed by atoms with van der Waals surface area (Å²) in [5.41, 5.74) is 0. The molecule has 0 aromatic heterocycles. The summed E-state index contributed by atoms with van der Waals surface area (Å²) in [6, 6.07) is 0. The topological polar surface area (TPSA) is 78.9 Å². The fraction of sp³-hybridized carbons (Fsp3) is 0.712. The Bertz CT molecular complexity index is 1590. The molecule has 79 heavy (non-hydrogen) atoms. The Balaban J connectivity index is 4.42. The SMILES string of the molecule is CC/C=C\C/C=C\C/C=C\C/C=C\C/C=C\CCCCCCCCCC(=O)OCC(COC(=O)CCCCCCCCCCC/C=C\C/C=C\CCCCC)OC(=O)CCCCCCCCCCC/C=C\C/C=C\CCCCC. The van der Waals surface area contributed by atoms with Gasteiger partial charge in [0.1, 0.15) is 13.2 Å². The molecule has 0 fully saturated rings. The lowest BCUT2D eigenvalue weighted by atomic mass is 10.1. The first-order chi connectivity index (χ1) is 39.0. The Hall–Kier alpha value is -3.93. The molecule has 0 aromatic rings. The van der Waals surface area contributed by atoms with E-state index in [9.17, 15) is 14.4 Å². The van der Waals surface area contributed by atoms with E-state index in [-0.39, 0.29) is 31.1 Å². The maximum Gasteiger partial charge on any atom is 0.306 e. The summed E-state index contributed by atoms with van der Waals surface area (Å²) < 4.78 is 17.0. The van der Waals surface area contributed by atoms with Crippen molar-refractivity contribution in [1.29, 1.82) is 0 Å². The molecule has 452 valence electrons. The number of esters is 3. The maximum atomic E-state index is 12.9. The predicted octanol–water partition coefficient (Wildman–Crippen LogP) is 23.0. The Labute approximate surface area is 489 Å². The first-order valence-corrected chi connectivity index (χ1v) is 33.4. The number of allylic oxidation sites excluding steroid dienone is 18. The second-order valence-electron chi connectivity index (χ2n) is 22.0. The van der Waals surface area contributed by atoms with Crippen molar-refractivity contribution in [2.24, 2.45) is 0 Å². The van der Waals surface area contributed by atoms with E-state index in [0.29, 0.717) is 19.3 Å². The van der Waals surface area contributed by atoms with Gasteiger partial charge < -0.3 is 14.2 Å². The van der Waals surface area contributed by atoms with E-state index in [1.165, 1.54) is 167 Å². The third-order valence-corrected chi connectivity index (χ3v) is 14.2. The molecule has 1 unspecified atom stereocenters. The largest absolute Gasteiger partial charge is 0.462 e. The highest BCUT2D eigenvalue weighted by Crippen LogP contribution is 2.16. The van der Waals surface area contributed by atoms with Gasteiger partial charge in [0, 0.05) is 19.3 Å². The van der Waals surface area contributed by atoms with Crippen LogP contribution in [0.25, 0.3) is 0 Å². The zero-order chi connectivity index (χ0) is 57.1. The molecule has 0 aromatic carbocycles. The van der Waals surface area contributed by atoms with Gasteiger partial charge in [-0.15, -0.1) is 0 Å². The van der Waals surface area contributed by atoms with Crippen molar-refractivity contribution in [2.45, 2.75) is 322 Å². The number of ether oxygens (including phenoxy) is 3. The third-order valence-electron chi connectivity index (χ3n) is 14.2. The van der Waals surface area contributed by atoms with Crippen LogP contribution >= 0.6 is 0 Å². The van der Waals surface area contributed by atoms with Crippen LogP contribution in [0.1, 0.15) is 316 Å². The minimum absolute atomic E-state index is 0.0856. The van der Waals surface area contributed by atoms with Crippen molar-refractivity contribution in [3.05, 3.63) is 109 Å². The smallest absolute Gasteiger partial charge is 0.306 e. The van der Waals surface area contributed by atoms with Crippen LogP contribution in [0.2, 0.25) is 0 Å². The third kappa shape index (κ3) is 64.8. The van der Waals surface area contributed by atoms with Gasteiger partial charge in [0.05, 0.1) is 0 Å². The fourth-order valence-electron chi connectivity index (χ4n) is 9.24. The first kappa shape index (κ1) is 75.1. The van der Waals surface area contributed by atoms with Crippen molar-refractivity contribution in [2.75, 3.05) is 13.2 Å². The molecule has 0 spiro atoms. The van der Waals surface area contributed by atoms with E-state index in [4.69, 9.17) is 14.2 Å². The van der Waals surface area contributed by atoms with Crippen LogP contribution in [0.4, 0.5) is 0 Å².